The smallest absolute Gasteiger partial charge is 0.324 e. The molecule has 9 heteroatoms. The number of ether oxygens (including phenoxy) is 2. The van der Waals surface area contributed by atoms with Gasteiger partial charge in [-0.2, -0.15) is 0 Å². The van der Waals surface area contributed by atoms with Gasteiger partial charge in [-0.05, 0) is 42.7 Å². The highest BCUT2D eigenvalue weighted by molar-refractivity contribution is 7.98. The maximum absolute atomic E-state index is 13.0. The van der Waals surface area contributed by atoms with Crippen LogP contribution in [-0.4, -0.2) is 45.5 Å². The summed E-state index contributed by atoms with van der Waals surface area (Å²) >= 11 is 1.49. The van der Waals surface area contributed by atoms with Crippen LogP contribution in [0.25, 0.3) is 0 Å². The first-order chi connectivity index (χ1) is 12.4. The molecule has 1 aliphatic rings. The largest absolute Gasteiger partial charge is 0.486 e. The molecule has 0 unspecified atom stereocenters. The molecular formula is C17H17NO6S2. The van der Waals surface area contributed by atoms with Gasteiger partial charge in [0.05, 0.1) is 10.6 Å². The Labute approximate surface area is 155 Å². The summed E-state index contributed by atoms with van der Waals surface area (Å²) in [5.74, 6) is -0.377. The number of aliphatic carboxylic acids is 1. The van der Waals surface area contributed by atoms with E-state index in [1.54, 1.807) is 18.2 Å². The second-order valence-corrected chi connectivity index (χ2v) is 8.15. The normalized spacial score (nSPS) is 13.3. The number of sulfonamides is 1. The molecule has 0 atom stereocenters. The molecule has 0 bridgehead atoms. The van der Waals surface area contributed by atoms with E-state index in [4.69, 9.17) is 9.47 Å². The lowest BCUT2D eigenvalue weighted by Crippen LogP contribution is -2.35. The van der Waals surface area contributed by atoms with Crippen LogP contribution in [0.2, 0.25) is 0 Å². The molecule has 0 saturated carbocycles. The number of thioether (sulfide) groups is 1. The zero-order valence-electron chi connectivity index (χ0n) is 13.9. The number of hydrogen-bond acceptors (Lipinski definition) is 6. The topological polar surface area (TPSA) is 93.1 Å². The molecular weight excluding hydrogens is 378 g/mol. The summed E-state index contributed by atoms with van der Waals surface area (Å²) in [7, 11) is -4.05. The van der Waals surface area contributed by atoms with E-state index in [9.17, 15) is 18.3 Å². The Bertz CT molecular complexity index is 911. The maximum atomic E-state index is 13.0. The van der Waals surface area contributed by atoms with Crippen molar-refractivity contribution in [1.29, 1.82) is 0 Å². The molecule has 3 rings (SSSR count). The molecule has 0 fully saturated rings. The molecule has 0 aromatic heterocycles. The summed E-state index contributed by atoms with van der Waals surface area (Å²) in [5, 5.41) is 9.21. The van der Waals surface area contributed by atoms with Gasteiger partial charge in [0.15, 0.2) is 11.5 Å². The number of nitrogens with zero attached hydrogens (tertiary/aromatic N) is 1. The van der Waals surface area contributed by atoms with Gasteiger partial charge in [-0.3, -0.25) is 9.10 Å². The molecule has 138 valence electrons. The van der Waals surface area contributed by atoms with Gasteiger partial charge in [0.2, 0.25) is 0 Å². The fourth-order valence-electron chi connectivity index (χ4n) is 2.50. The van der Waals surface area contributed by atoms with Gasteiger partial charge in [0.25, 0.3) is 10.0 Å². The second kappa shape index (κ2) is 7.46. The van der Waals surface area contributed by atoms with E-state index in [1.165, 1.54) is 36.0 Å². The fraction of sp³-hybridized carbons (Fsp3) is 0.235. The Kier molecular flexibility index (Phi) is 5.28. The van der Waals surface area contributed by atoms with Gasteiger partial charge in [-0.15, -0.1) is 11.8 Å². The number of carboxylic acids is 1. The number of fused-ring (bicyclic) bond motifs is 1. The summed E-state index contributed by atoms with van der Waals surface area (Å²) in [4.78, 5) is 12.2. The van der Waals surface area contributed by atoms with Crippen molar-refractivity contribution in [2.45, 2.75) is 9.79 Å². The van der Waals surface area contributed by atoms with Gasteiger partial charge in [-0.1, -0.05) is 0 Å². The van der Waals surface area contributed by atoms with E-state index < -0.39 is 22.5 Å². The maximum Gasteiger partial charge on any atom is 0.324 e. The molecule has 0 aliphatic carbocycles. The first kappa shape index (κ1) is 18.4. The number of rotatable bonds is 6. The van der Waals surface area contributed by atoms with Gasteiger partial charge < -0.3 is 14.6 Å². The fourth-order valence-corrected chi connectivity index (χ4v) is 4.31. The molecule has 0 saturated heterocycles. The van der Waals surface area contributed by atoms with Crippen molar-refractivity contribution in [3.8, 4) is 11.5 Å². The van der Waals surface area contributed by atoms with E-state index in [0.29, 0.717) is 24.7 Å². The Morgan fingerprint density at radius 2 is 1.77 bits per heavy atom. The minimum Gasteiger partial charge on any atom is -0.486 e. The lowest BCUT2D eigenvalue weighted by molar-refractivity contribution is -0.135. The highest BCUT2D eigenvalue weighted by atomic mass is 32.2. The van der Waals surface area contributed by atoms with Crippen molar-refractivity contribution in [3.05, 3.63) is 42.5 Å². The molecule has 26 heavy (non-hydrogen) atoms. The molecule has 1 aliphatic heterocycles. The second-order valence-electron chi connectivity index (χ2n) is 5.41. The number of carboxylic acid groups (broad SMARTS) is 1. The summed E-state index contributed by atoms with van der Waals surface area (Å²) < 4.78 is 37.8. The molecule has 0 radical (unpaired) electrons. The first-order valence-corrected chi connectivity index (χ1v) is 10.4. The van der Waals surface area contributed by atoms with Crippen LogP contribution in [0.4, 0.5) is 5.69 Å². The quantitative estimate of drug-likeness (QED) is 0.751. The van der Waals surface area contributed by atoms with Crippen molar-refractivity contribution >= 4 is 33.4 Å². The predicted molar refractivity (Wildman–Crippen MR) is 97.8 cm³/mol. The third kappa shape index (κ3) is 3.73. The lowest BCUT2D eigenvalue weighted by atomic mass is 10.2. The van der Waals surface area contributed by atoms with Crippen LogP contribution in [0.5, 0.6) is 11.5 Å². The Balaban J connectivity index is 2.03. The monoisotopic (exact) mass is 395 g/mol. The molecule has 0 amide bonds. The SMILES string of the molecule is CSc1ccc(S(=O)(=O)N(CC(=O)O)c2ccc3c(c2)OCCO3)cc1. The van der Waals surface area contributed by atoms with Crippen LogP contribution >= 0.6 is 11.8 Å². The highest BCUT2D eigenvalue weighted by Crippen LogP contribution is 2.35. The molecule has 1 heterocycles. The van der Waals surface area contributed by atoms with Crippen molar-refractivity contribution in [2.24, 2.45) is 0 Å². The number of hydrogen-bond donors (Lipinski definition) is 1. The predicted octanol–water partition coefficient (Wildman–Crippen LogP) is 2.46. The molecule has 2 aromatic rings. The zero-order valence-corrected chi connectivity index (χ0v) is 15.5. The Morgan fingerprint density at radius 3 is 2.38 bits per heavy atom. The summed E-state index contributed by atoms with van der Waals surface area (Å²) in [5.41, 5.74) is 0.200. The van der Waals surface area contributed by atoms with Crippen LogP contribution in [0, 0.1) is 0 Å². The minimum absolute atomic E-state index is 0.0199. The molecule has 7 nitrogen and oxygen atoms in total. The van der Waals surface area contributed by atoms with Crippen LogP contribution in [-0.2, 0) is 14.8 Å². The summed E-state index contributed by atoms with van der Waals surface area (Å²) in [6, 6.07) is 10.9. The summed E-state index contributed by atoms with van der Waals surface area (Å²) in [6.45, 7) is 0.0514. The van der Waals surface area contributed by atoms with E-state index in [-0.39, 0.29) is 10.6 Å². The average molecular weight is 395 g/mol. The van der Waals surface area contributed by atoms with Crippen LogP contribution in [0.15, 0.2) is 52.3 Å². The average Bonchev–Trinajstić information content (AvgIpc) is 2.65. The van der Waals surface area contributed by atoms with Crippen LogP contribution < -0.4 is 13.8 Å². The van der Waals surface area contributed by atoms with Crippen LogP contribution in [0.3, 0.4) is 0 Å². The van der Waals surface area contributed by atoms with Crippen molar-refractivity contribution in [3.63, 3.8) is 0 Å². The van der Waals surface area contributed by atoms with E-state index >= 15 is 0 Å². The van der Waals surface area contributed by atoms with E-state index in [0.717, 1.165) is 9.20 Å². The zero-order chi connectivity index (χ0) is 18.7. The van der Waals surface area contributed by atoms with Crippen molar-refractivity contribution in [2.75, 3.05) is 30.3 Å². The van der Waals surface area contributed by atoms with Crippen molar-refractivity contribution in [1.82, 2.24) is 0 Å². The Morgan fingerprint density at radius 1 is 1.12 bits per heavy atom. The van der Waals surface area contributed by atoms with E-state index in [1.807, 2.05) is 6.26 Å². The number of anilines is 1. The Hall–Kier alpha value is -2.39. The molecule has 1 N–H and O–H groups in total. The minimum atomic E-state index is -4.05. The first-order valence-electron chi connectivity index (χ1n) is 7.70. The third-order valence-corrected chi connectivity index (χ3v) is 6.27. The number of benzene rings is 2. The lowest BCUT2D eigenvalue weighted by Gasteiger charge is -2.25. The van der Waals surface area contributed by atoms with Gasteiger partial charge in [-0.25, -0.2) is 8.42 Å². The highest BCUT2D eigenvalue weighted by Gasteiger charge is 2.28. The molecule has 0 spiro atoms. The van der Waals surface area contributed by atoms with Gasteiger partial charge in [0.1, 0.15) is 19.8 Å². The molecule has 2 aromatic carbocycles. The van der Waals surface area contributed by atoms with Gasteiger partial charge >= 0.3 is 5.97 Å². The van der Waals surface area contributed by atoms with Gasteiger partial charge in [0, 0.05) is 11.0 Å². The number of carbonyl (C=O) groups is 1. The standard InChI is InChI=1S/C17H17NO6S2/c1-25-13-3-5-14(6-4-13)26(21,22)18(11-17(19)20)12-2-7-15-16(10-12)24-9-8-23-15/h2-7,10H,8-9,11H2,1H3,(H,19,20). The van der Waals surface area contributed by atoms with Crippen LogP contribution in [0.1, 0.15) is 0 Å². The summed E-state index contributed by atoms with van der Waals surface area (Å²) in [6.07, 6.45) is 1.88. The third-order valence-electron chi connectivity index (χ3n) is 3.74. The van der Waals surface area contributed by atoms with E-state index in [2.05, 4.69) is 0 Å². The van der Waals surface area contributed by atoms with Crippen molar-refractivity contribution < 1.29 is 27.8 Å².